The zero-order chi connectivity index (χ0) is 13.8. The zero-order valence-electron chi connectivity index (χ0n) is 10.9. The summed E-state index contributed by atoms with van der Waals surface area (Å²) >= 11 is 3.47. The van der Waals surface area contributed by atoms with Crippen LogP contribution in [0.25, 0.3) is 0 Å². The van der Waals surface area contributed by atoms with E-state index in [0.717, 1.165) is 36.0 Å². The molecule has 0 aliphatic carbocycles. The van der Waals surface area contributed by atoms with Crippen LogP contribution in [0.15, 0.2) is 22.7 Å². The lowest BCUT2D eigenvalue weighted by Crippen LogP contribution is -2.41. The Morgan fingerprint density at radius 1 is 1.42 bits per heavy atom. The quantitative estimate of drug-likeness (QED) is 0.891. The summed E-state index contributed by atoms with van der Waals surface area (Å²) in [6, 6.07) is 6.03. The van der Waals surface area contributed by atoms with Gasteiger partial charge in [-0.25, -0.2) is 0 Å². The number of primary amides is 1. The summed E-state index contributed by atoms with van der Waals surface area (Å²) in [6.07, 6.45) is 4.44. The van der Waals surface area contributed by atoms with Crippen molar-refractivity contribution in [1.82, 2.24) is 0 Å². The Hall–Kier alpha value is -1.07. The normalized spacial score (nSPS) is 19.5. The number of nitrogens with zero attached hydrogens (tertiary/aromatic N) is 1. The topological polar surface area (TPSA) is 72.3 Å². The highest BCUT2D eigenvalue weighted by molar-refractivity contribution is 9.10. The lowest BCUT2D eigenvalue weighted by Gasteiger charge is -2.38. The average Bonchev–Trinajstić information content (AvgIpc) is 2.39. The molecule has 1 aromatic rings. The number of hydrogen-bond acceptors (Lipinski definition) is 3. The second-order valence-corrected chi connectivity index (χ2v) is 5.86. The molecule has 1 atom stereocenters. The van der Waals surface area contributed by atoms with Gasteiger partial charge in [0.1, 0.15) is 0 Å². The lowest BCUT2D eigenvalue weighted by atomic mass is 9.97. The van der Waals surface area contributed by atoms with Gasteiger partial charge < -0.3 is 16.4 Å². The van der Waals surface area contributed by atoms with Gasteiger partial charge >= 0.3 is 0 Å². The van der Waals surface area contributed by atoms with E-state index in [-0.39, 0.29) is 5.91 Å². The number of benzene rings is 1. The van der Waals surface area contributed by atoms with Crippen molar-refractivity contribution in [2.75, 3.05) is 18.0 Å². The van der Waals surface area contributed by atoms with Gasteiger partial charge in [0.25, 0.3) is 5.91 Å². The van der Waals surface area contributed by atoms with Gasteiger partial charge in [-0.15, -0.1) is 0 Å². The second kappa shape index (κ2) is 6.39. The smallest absolute Gasteiger partial charge is 0.250 e. The van der Waals surface area contributed by atoms with Crippen molar-refractivity contribution in [1.29, 1.82) is 0 Å². The largest absolute Gasteiger partial charge is 0.368 e. The molecule has 5 heteroatoms. The van der Waals surface area contributed by atoms with Crippen molar-refractivity contribution in [3.63, 3.8) is 0 Å². The number of hydrogen-bond donors (Lipinski definition) is 2. The molecule has 1 amide bonds. The Morgan fingerprint density at radius 3 is 2.89 bits per heavy atom. The minimum absolute atomic E-state index is 0.375. The van der Waals surface area contributed by atoms with Crippen molar-refractivity contribution in [2.45, 2.75) is 31.7 Å². The highest BCUT2D eigenvalue weighted by Gasteiger charge is 2.25. The first-order valence-corrected chi connectivity index (χ1v) is 7.49. The van der Waals surface area contributed by atoms with Crippen LogP contribution in [0.3, 0.4) is 0 Å². The summed E-state index contributed by atoms with van der Waals surface area (Å²) in [5.41, 5.74) is 12.7. The Kier molecular flexibility index (Phi) is 4.82. The van der Waals surface area contributed by atoms with E-state index in [9.17, 15) is 4.79 Å². The van der Waals surface area contributed by atoms with Crippen LogP contribution in [0.4, 0.5) is 5.69 Å². The van der Waals surface area contributed by atoms with Gasteiger partial charge in [0.05, 0.1) is 11.3 Å². The molecule has 1 unspecified atom stereocenters. The van der Waals surface area contributed by atoms with Crippen LogP contribution in [-0.2, 0) is 0 Å². The maximum Gasteiger partial charge on any atom is 0.250 e. The van der Waals surface area contributed by atoms with Crippen LogP contribution in [0, 0.1) is 0 Å². The number of amides is 1. The molecule has 104 valence electrons. The summed E-state index contributed by atoms with van der Waals surface area (Å²) in [4.78, 5) is 13.9. The molecule has 1 aliphatic rings. The van der Waals surface area contributed by atoms with Gasteiger partial charge in [-0.05, 0) is 50.4 Å². The fourth-order valence-corrected chi connectivity index (χ4v) is 3.11. The number of carbonyl (C=O) groups excluding carboxylic acids is 1. The molecule has 4 nitrogen and oxygen atoms in total. The maximum absolute atomic E-state index is 11.6. The molecule has 1 saturated heterocycles. The number of carbonyl (C=O) groups is 1. The summed E-state index contributed by atoms with van der Waals surface area (Å²) in [5.74, 6) is -0.375. The van der Waals surface area contributed by atoms with E-state index in [2.05, 4.69) is 20.8 Å². The van der Waals surface area contributed by atoms with E-state index < -0.39 is 0 Å². The molecule has 1 heterocycles. The van der Waals surface area contributed by atoms with Crippen molar-refractivity contribution < 1.29 is 4.79 Å². The van der Waals surface area contributed by atoms with Crippen LogP contribution in [0.2, 0.25) is 0 Å². The minimum atomic E-state index is -0.375. The Balaban J connectivity index is 2.37. The molecular formula is C14H20BrN3O. The van der Waals surface area contributed by atoms with E-state index >= 15 is 0 Å². The molecule has 19 heavy (non-hydrogen) atoms. The average molecular weight is 326 g/mol. The Bertz CT molecular complexity index is 462. The zero-order valence-corrected chi connectivity index (χ0v) is 12.5. The molecule has 2 rings (SSSR count). The van der Waals surface area contributed by atoms with Crippen molar-refractivity contribution in [2.24, 2.45) is 11.5 Å². The van der Waals surface area contributed by atoms with Crippen molar-refractivity contribution in [3.8, 4) is 0 Å². The highest BCUT2D eigenvalue weighted by atomic mass is 79.9. The number of nitrogens with two attached hydrogens (primary N) is 2. The Morgan fingerprint density at radius 2 is 2.21 bits per heavy atom. The maximum atomic E-state index is 11.6. The second-order valence-electron chi connectivity index (χ2n) is 4.95. The molecule has 0 bridgehead atoms. The van der Waals surface area contributed by atoms with E-state index in [4.69, 9.17) is 11.5 Å². The van der Waals surface area contributed by atoms with Crippen LogP contribution in [0.5, 0.6) is 0 Å². The Labute approximate surface area is 122 Å². The van der Waals surface area contributed by atoms with Crippen molar-refractivity contribution >= 4 is 27.5 Å². The molecular weight excluding hydrogens is 306 g/mol. The molecule has 0 aromatic heterocycles. The van der Waals surface area contributed by atoms with Gasteiger partial charge in [0, 0.05) is 17.1 Å². The molecule has 0 spiro atoms. The van der Waals surface area contributed by atoms with Crippen LogP contribution in [-0.4, -0.2) is 25.0 Å². The van der Waals surface area contributed by atoms with Gasteiger partial charge in [-0.3, -0.25) is 4.79 Å². The summed E-state index contributed by atoms with van der Waals surface area (Å²) in [6.45, 7) is 1.63. The molecule has 0 saturated carbocycles. The number of anilines is 1. The summed E-state index contributed by atoms with van der Waals surface area (Å²) < 4.78 is 0.963. The van der Waals surface area contributed by atoms with Crippen LogP contribution < -0.4 is 16.4 Å². The fourth-order valence-electron chi connectivity index (χ4n) is 2.76. The monoisotopic (exact) mass is 325 g/mol. The van der Waals surface area contributed by atoms with Crippen LogP contribution >= 0.6 is 15.9 Å². The predicted molar refractivity (Wildman–Crippen MR) is 81.3 cm³/mol. The minimum Gasteiger partial charge on any atom is -0.368 e. The van der Waals surface area contributed by atoms with Gasteiger partial charge in [-0.1, -0.05) is 15.9 Å². The van der Waals surface area contributed by atoms with Gasteiger partial charge in [-0.2, -0.15) is 0 Å². The molecule has 1 aromatic carbocycles. The van der Waals surface area contributed by atoms with E-state index in [0.29, 0.717) is 18.2 Å². The predicted octanol–water partition coefficient (Wildman–Crippen LogP) is 2.26. The summed E-state index contributed by atoms with van der Waals surface area (Å²) in [7, 11) is 0. The van der Waals surface area contributed by atoms with E-state index in [1.165, 1.54) is 6.42 Å². The molecule has 1 aliphatic heterocycles. The third-order valence-electron chi connectivity index (χ3n) is 3.66. The number of halogens is 1. The highest BCUT2D eigenvalue weighted by Crippen LogP contribution is 2.31. The third-order valence-corrected chi connectivity index (χ3v) is 4.15. The number of piperidine rings is 1. The van der Waals surface area contributed by atoms with E-state index in [1.54, 1.807) is 6.07 Å². The first kappa shape index (κ1) is 14.3. The number of rotatable bonds is 4. The third kappa shape index (κ3) is 3.28. The first-order valence-electron chi connectivity index (χ1n) is 6.69. The lowest BCUT2D eigenvalue weighted by molar-refractivity contribution is 0.100. The molecule has 1 fully saturated rings. The first-order chi connectivity index (χ1) is 9.13. The van der Waals surface area contributed by atoms with E-state index in [1.807, 2.05) is 12.1 Å². The standard InChI is InChI=1S/C14H20BrN3O/c15-10-4-5-12(14(17)19)13(9-10)18-8-2-1-3-11(18)6-7-16/h4-5,9,11H,1-3,6-8,16H2,(H2,17,19). The van der Waals surface area contributed by atoms with Crippen molar-refractivity contribution in [3.05, 3.63) is 28.2 Å². The SMILES string of the molecule is NCCC1CCCCN1c1cc(Br)ccc1C(N)=O. The molecule has 4 N–H and O–H groups in total. The van der Waals surface area contributed by atoms with Gasteiger partial charge in [0.15, 0.2) is 0 Å². The molecule has 0 radical (unpaired) electrons. The van der Waals surface area contributed by atoms with Crippen LogP contribution in [0.1, 0.15) is 36.0 Å². The summed E-state index contributed by atoms with van der Waals surface area (Å²) in [5, 5.41) is 0. The fraction of sp³-hybridized carbons (Fsp3) is 0.500. The van der Waals surface area contributed by atoms with Gasteiger partial charge in [0.2, 0.25) is 0 Å².